The Labute approximate surface area is 166 Å². The lowest BCUT2D eigenvalue weighted by atomic mass is 10.0. The van der Waals surface area contributed by atoms with E-state index in [-0.39, 0.29) is 11.8 Å². The first-order chi connectivity index (χ1) is 13.6. The van der Waals surface area contributed by atoms with E-state index in [0.29, 0.717) is 19.6 Å². The minimum absolute atomic E-state index is 0.0368. The van der Waals surface area contributed by atoms with Gasteiger partial charge >= 0.3 is 0 Å². The van der Waals surface area contributed by atoms with Gasteiger partial charge in [0, 0.05) is 31.2 Å². The zero-order chi connectivity index (χ0) is 19.6. The highest BCUT2D eigenvalue weighted by Gasteiger charge is 2.33. The van der Waals surface area contributed by atoms with Gasteiger partial charge in [-0.3, -0.25) is 4.98 Å². The molecule has 0 saturated carbocycles. The molecule has 1 N–H and O–H groups in total. The molecular formula is C22H25N3O2S. The minimum Gasteiger partial charge on any atom is -0.313 e. The number of sulfonamides is 1. The van der Waals surface area contributed by atoms with Crippen molar-refractivity contribution >= 4 is 20.9 Å². The van der Waals surface area contributed by atoms with E-state index in [1.165, 1.54) is 5.56 Å². The van der Waals surface area contributed by atoms with Gasteiger partial charge in [-0.05, 0) is 29.2 Å². The summed E-state index contributed by atoms with van der Waals surface area (Å²) >= 11 is 0. The van der Waals surface area contributed by atoms with E-state index in [2.05, 4.69) is 41.5 Å². The molecule has 146 valence electrons. The zero-order valence-electron chi connectivity index (χ0n) is 16.0. The van der Waals surface area contributed by atoms with Crippen molar-refractivity contribution in [1.29, 1.82) is 0 Å². The predicted molar refractivity (Wildman–Crippen MR) is 113 cm³/mol. The SMILES string of the molecule is CCc1ccc(C2CNCCN2S(=O)(=O)Cc2cccc3cccnc23)cc1. The number of para-hydroxylation sites is 1. The number of hydrogen-bond donors (Lipinski definition) is 1. The molecule has 3 aromatic rings. The van der Waals surface area contributed by atoms with Gasteiger partial charge in [-0.1, -0.05) is 55.5 Å². The van der Waals surface area contributed by atoms with E-state index < -0.39 is 10.0 Å². The summed E-state index contributed by atoms with van der Waals surface area (Å²) in [7, 11) is -3.49. The summed E-state index contributed by atoms with van der Waals surface area (Å²) in [6, 6.07) is 17.6. The van der Waals surface area contributed by atoms with Crippen LogP contribution < -0.4 is 5.32 Å². The minimum atomic E-state index is -3.49. The lowest BCUT2D eigenvalue weighted by Gasteiger charge is -2.35. The average Bonchev–Trinajstić information content (AvgIpc) is 2.74. The van der Waals surface area contributed by atoms with Crippen LogP contribution in [0.5, 0.6) is 0 Å². The highest BCUT2D eigenvalue weighted by atomic mass is 32.2. The molecule has 0 aliphatic carbocycles. The van der Waals surface area contributed by atoms with Crippen molar-refractivity contribution in [3.05, 3.63) is 77.5 Å². The van der Waals surface area contributed by atoms with E-state index in [4.69, 9.17) is 0 Å². The number of fused-ring (bicyclic) bond motifs is 1. The van der Waals surface area contributed by atoms with E-state index in [9.17, 15) is 8.42 Å². The molecular weight excluding hydrogens is 370 g/mol. The molecule has 1 fully saturated rings. The Bertz CT molecular complexity index is 1060. The second-order valence-electron chi connectivity index (χ2n) is 7.17. The fourth-order valence-corrected chi connectivity index (χ4v) is 5.59. The van der Waals surface area contributed by atoms with E-state index in [0.717, 1.165) is 28.5 Å². The molecule has 6 heteroatoms. The van der Waals surface area contributed by atoms with Gasteiger partial charge in [0.15, 0.2) is 0 Å². The molecule has 1 atom stereocenters. The van der Waals surface area contributed by atoms with Gasteiger partial charge in [0.1, 0.15) is 0 Å². The van der Waals surface area contributed by atoms with Gasteiger partial charge < -0.3 is 5.32 Å². The second-order valence-corrected chi connectivity index (χ2v) is 9.10. The van der Waals surface area contributed by atoms with Crippen molar-refractivity contribution in [3.8, 4) is 0 Å². The number of piperazine rings is 1. The van der Waals surface area contributed by atoms with Crippen LogP contribution >= 0.6 is 0 Å². The third-order valence-corrected chi connectivity index (χ3v) is 7.21. The maximum atomic E-state index is 13.4. The molecule has 1 aliphatic heterocycles. The summed E-state index contributed by atoms with van der Waals surface area (Å²) in [6.45, 7) is 3.88. The Morgan fingerprint density at radius 3 is 2.68 bits per heavy atom. The van der Waals surface area contributed by atoms with Crippen LogP contribution in [-0.4, -0.2) is 37.3 Å². The zero-order valence-corrected chi connectivity index (χ0v) is 16.8. The third-order valence-electron chi connectivity index (χ3n) is 5.38. The monoisotopic (exact) mass is 395 g/mol. The Morgan fingerprint density at radius 1 is 1.11 bits per heavy atom. The summed E-state index contributed by atoms with van der Waals surface area (Å²) in [5.74, 6) is -0.0368. The van der Waals surface area contributed by atoms with Crippen molar-refractivity contribution in [2.45, 2.75) is 25.1 Å². The summed E-state index contributed by atoms with van der Waals surface area (Å²) in [4.78, 5) is 4.41. The van der Waals surface area contributed by atoms with Crippen molar-refractivity contribution in [2.75, 3.05) is 19.6 Å². The number of pyridine rings is 1. The standard InChI is InChI=1S/C22H25N3O2S/c1-2-17-8-10-18(11-9-17)21-15-23-13-14-25(21)28(26,27)16-20-6-3-5-19-7-4-12-24-22(19)20/h3-12,21,23H,2,13-16H2,1H3. The van der Waals surface area contributed by atoms with Gasteiger partial charge in [-0.25, -0.2) is 8.42 Å². The molecule has 1 unspecified atom stereocenters. The van der Waals surface area contributed by atoms with Crippen LogP contribution in [-0.2, 0) is 22.2 Å². The molecule has 0 amide bonds. The molecule has 1 aliphatic rings. The van der Waals surface area contributed by atoms with Crippen LogP contribution in [0.3, 0.4) is 0 Å². The quantitative estimate of drug-likeness (QED) is 0.720. The fraction of sp³-hybridized carbons (Fsp3) is 0.318. The average molecular weight is 396 g/mol. The van der Waals surface area contributed by atoms with Crippen molar-refractivity contribution in [1.82, 2.24) is 14.6 Å². The summed E-state index contributed by atoms with van der Waals surface area (Å²) in [5, 5.41) is 4.30. The molecule has 1 aromatic heterocycles. The van der Waals surface area contributed by atoms with Gasteiger partial charge in [-0.15, -0.1) is 0 Å². The van der Waals surface area contributed by atoms with Crippen LogP contribution in [0.15, 0.2) is 60.8 Å². The molecule has 1 saturated heterocycles. The number of hydrogen-bond acceptors (Lipinski definition) is 4. The summed E-state index contributed by atoms with van der Waals surface area (Å²) < 4.78 is 28.4. The summed E-state index contributed by atoms with van der Waals surface area (Å²) in [6.07, 6.45) is 2.68. The normalized spacial score (nSPS) is 18.4. The molecule has 4 rings (SSSR count). The van der Waals surface area contributed by atoms with Crippen LogP contribution in [0.4, 0.5) is 0 Å². The molecule has 0 radical (unpaired) electrons. The third kappa shape index (κ3) is 3.81. The summed E-state index contributed by atoms with van der Waals surface area (Å²) in [5.41, 5.74) is 3.79. The van der Waals surface area contributed by atoms with Gasteiger partial charge in [0.05, 0.1) is 17.3 Å². The molecule has 2 aromatic carbocycles. The van der Waals surface area contributed by atoms with Crippen molar-refractivity contribution in [3.63, 3.8) is 0 Å². The number of aryl methyl sites for hydroxylation is 1. The number of nitrogens with zero attached hydrogens (tertiary/aromatic N) is 2. The lowest BCUT2D eigenvalue weighted by Crippen LogP contribution is -2.48. The molecule has 28 heavy (non-hydrogen) atoms. The lowest BCUT2D eigenvalue weighted by molar-refractivity contribution is 0.271. The Morgan fingerprint density at radius 2 is 1.89 bits per heavy atom. The highest BCUT2D eigenvalue weighted by Crippen LogP contribution is 2.28. The highest BCUT2D eigenvalue weighted by molar-refractivity contribution is 7.88. The Kier molecular flexibility index (Phi) is 5.44. The first-order valence-electron chi connectivity index (χ1n) is 9.70. The van der Waals surface area contributed by atoms with Crippen LogP contribution in [0, 0.1) is 0 Å². The Hall–Kier alpha value is -2.28. The van der Waals surface area contributed by atoms with Gasteiger partial charge in [0.25, 0.3) is 0 Å². The van der Waals surface area contributed by atoms with Crippen LogP contribution in [0.1, 0.15) is 29.7 Å². The molecule has 0 spiro atoms. The molecule has 5 nitrogen and oxygen atoms in total. The van der Waals surface area contributed by atoms with Crippen molar-refractivity contribution < 1.29 is 8.42 Å². The molecule has 2 heterocycles. The van der Waals surface area contributed by atoms with Gasteiger partial charge in [0.2, 0.25) is 10.0 Å². The largest absolute Gasteiger partial charge is 0.313 e. The van der Waals surface area contributed by atoms with Crippen molar-refractivity contribution in [2.24, 2.45) is 0 Å². The maximum Gasteiger partial charge on any atom is 0.219 e. The predicted octanol–water partition coefficient (Wildman–Crippen LogP) is 3.27. The maximum absolute atomic E-state index is 13.4. The van der Waals surface area contributed by atoms with Crippen LogP contribution in [0.25, 0.3) is 10.9 Å². The number of benzene rings is 2. The molecule has 0 bridgehead atoms. The van der Waals surface area contributed by atoms with Crippen LogP contribution in [0.2, 0.25) is 0 Å². The first kappa shape index (κ1) is 19.1. The number of rotatable bonds is 5. The topological polar surface area (TPSA) is 62.3 Å². The Balaban J connectivity index is 1.65. The fourth-order valence-electron chi connectivity index (χ4n) is 3.84. The number of nitrogens with one attached hydrogen (secondary N) is 1. The first-order valence-corrected chi connectivity index (χ1v) is 11.3. The smallest absolute Gasteiger partial charge is 0.219 e. The van der Waals surface area contributed by atoms with E-state index in [1.807, 2.05) is 30.3 Å². The second kappa shape index (κ2) is 7.99. The van der Waals surface area contributed by atoms with Gasteiger partial charge in [-0.2, -0.15) is 4.31 Å². The van der Waals surface area contributed by atoms with E-state index in [1.54, 1.807) is 10.5 Å². The van der Waals surface area contributed by atoms with E-state index >= 15 is 0 Å². The number of aromatic nitrogens is 1.